The van der Waals surface area contributed by atoms with Crippen LogP contribution in [0, 0.1) is 5.92 Å². The van der Waals surface area contributed by atoms with Crippen LogP contribution < -0.4 is 15.8 Å². The molecule has 38 heavy (non-hydrogen) atoms. The molecule has 10 nitrogen and oxygen atoms in total. The molecule has 2 aromatic carbocycles. The van der Waals surface area contributed by atoms with Gasteiger partial charge in [-0.2, -0.15) is 4.31 Å². The zero-order valence-electron chi connectivity index (χ0n) is 21.4. The van der Waals surface area contributed by atoms with Crippen LogP contribution in [0.2, 0.25) is 0 Å². The fourth-order valence-electron chi connectivity index (χ4n) is 3.86. The number of ether oxygens (including phenoxy) is 1. The van der Waals surface area contributed by atoms with Gasteiger partial charge in [0.05, 0.1) is 22.7 Å². The molecular formula is C27H34N4O6S. The number of amides is 1. The Labute approximate surface area is 223 Å². The number of aliphatic hydroxyl groups is 1. The van der Waals surface area contributed by atoms with Crippen molar-refractivity contribution in [3.8, 4) is 5.75 Å². The van der Waals surface area contributed by atoms with Gasteiger partial charge in [0.2, 0.25) is 10.0 Å². The number of carboxylic acid groups (broad SMARTS) is 1. The highest BCUT2D eigenvalue weighted by atomic mass is 32.2. The number of anilines is 1. The lowest BCUT2D eigenvalue weighted by Crippen LogP contribution is -2.50. The summed E-state index contributed by atoms with van der Waals surface area (Å²) in [6.45, 7) is 3.88. The van der Waals surface area contributed by atoms with Crippen LogP contribution in [-0.2, 0) is 23.1 Å². The molecule has 3 aromatic rings. The molecule has 0 radical (unpaired) electrons. The van der Waals surface area contributed by atoms with Gasteiger partial charge in [-0.05, 0) is 66.4 Å². The maximum Gasteiger partial charge on any atom is 0.404 e. The van der Waals surface area contributed by atoms with Crippen LogP contribution in [0.1, 0.15) is 25.1 Å². The van der Waals surface area contributed by atoms with Crippen LogP contribution in [0.15, 0.2) is 77.8 Å². The zero-order chi connectivity index (χ0) is 27.7. The van der Waals surface area contributed by atoms with E-state index in [1.165, 1.54) is 28.6 Å². The molecular weight excluding hydrogens is 508 g/mol. The highest BCUT2D eigenvalue weighted by Gasteiger charge is 2.31. The average Bonchev–Trinajstić information content (AvgIpc) is 2.88. The minimum absolute atomic E-state index is 0.0322. The van der Waals surface area contributed by atoms with E-state index < -0.39 is 28.3 Å². The molecule has 3 rings (SSSR count). The molecule has 11 heteroatoms. The van der Waals surface area contributed by atoms with E-state index in [1.807, 2.05) is 32.0 Å². The lowest BCUT2D eigenvalue weighted by atomic mass is 10.0. The lowest BCUT2D eigenvalue weighted by Gasteiger charge is -2.30. The third-order valence-electron chi connectivity index (χ3n) is 5.74. The third-order valence-corrected chi connectivity index (χ3v) is 7.59. The van der Waals surface area contributed by atoms with E-state index >= 15 is 0 Å². The summed E-state index contributed by atoms with van der Waals surface area (Å²) in [6.07, 6.45) is -0.799. The molecule has 0 unspecified atom stereocenters. The average molecular weight is 543 g/mol. The SMILES string of the molecule is CC(C)CN(C[C@H](O)[C@H](Cc1ccc(OCc2ccccn2)cc1)NC(=O)O)S(=O)(=O)c1ccc(N)cc1. The van der Waals surface area contributed by atoms with Crippen molar-refractivity contribution in [1.29, 1.82) is 0 Å². The Balaban J connectivity index is 1.72. The number of nitrogens with zero attached hydrogens (tertiary/aromatic N) is 2. The van der Waals surface area contributed by atoms with Gasteiger partial charge < -0.3 is 26.0 Å². The smallest absolute Gasteiger partial charge is 0.404 e. The molecule has 0 spiro atoms. The first kappa shape index (κ1) is 28.9. The van der Waals surface area contributed by atoms with Crippen LogP contribution in [0.25, 0.3) is 0 Å². The monoisotopic (exact) mass is 542 g/mol. The van der Waals surface area contributed by atoms with Crippen molar-refractivity contribution in [2.24, 2.45) is 5.92 Å². The van der Waals surface area contributed by atoms with E-state index in [-0.39, 0.29) is 30.3 Å². The molecule has 204 valence electrons. The van der Waals surface area contributed by atoms with Crippen molar-refractivity contribution in [1.82, 2.24) is 14.6 Å². The number of rotatable bonds is 13. The van der Waals surface area contributed by atoms with Crippen LogP contribution in [0.3, 0.4) is 0 Å². The van der Waals surface area contributed by atoms with Crippen LogP contribution >= 0.6 is 0 Å². The predicted molar refractivity (Wildman–Crippen MR) is 144 cm³/mol. The first-order chi connectivity index (χ1) is 18.0. The summed E-state index contributed by atoms with van der Waals surface area (Å²) < 4.78 is 33.6. The highest BCUT2D eigenvalue weighted by Crippen LogP contribution is 2.21. The number of aliphatic hydroxyl groups excluding tert-OH is 1. The van der Waals surface area contributed by atoms with Crippen LogP contribution in [0.5, 0.6) is 5.75 Å². The van der Waals surface area contributed by atoms with Crippen molar-refractivity contribution in [3.05, 3.63) is 84.2 Å². The van der Waals surface area contributed by atoms with Crippen molar-refractivity contribution in [2.45, 2.75) is 43.9 Å². The standard InChI is InChI=1S/C27H34N4O6S/c1-19(2)16-31(38(35,36)24-12-8-21(28)9-13-24)17-26(32)25(30-27(33)34)15-20-6-10-23(11-7-20)37-18-22-5-3-4-14-29-22/h3-14,19,25-26,30,32H,15-18,28H2,1-2H3,(H,33,34)/t25-,26-/m0/s1. The Morgan fingerprint density at radius 1 is 1.05 bits per heavy atom. The third kappa shape index (κ3) is 8.44. The second-order valence-electron chi connectivity index (χ2n) is 9.37. The molecule has 0 bridgehead atoms. The van der Waals surface area contributed by atoms with Crippen LogP contribution in [-0.4, -0.2) is 59.2 Å². The number of benzene rings is 2. The van der Waals surface area contributed by atoms with Gasteiger partial charge in [-0.15, -0.1) is 0 Å². The van der Waals surface area contributed by atoms with Crippen molar-refractivity contribution < 1.29 is 28.2 Å². The van der Waals surface area contributed by atoms with E-state index in [1.54, 1.807) is 30.5 Å². The molecule has 1 heterocycles. The zero-order valence-corrected chi connectivity index (χ0v) is 22.2. The number of nitrogen functional groups attached to an aromatic ring is 1. The summed E-state index contributed by atoms with van der Waals surface area (Å²) in [6, 6.07) is 17.5. The van der Waals surface area contributed by atoms with Crippen molar-refractivity contribution in [2.75, 3.05) is 18.8 Å². The summed E-state index contributed by atoms with van der Waals surface area (Å²) in [5.41, 5.74) is 7.65. The summed E-state index contributed by atoms with van der Waals surface area (Å²) in [7, 11) is -3.96. The Bertz CT molecular complexity index is 1270. The number of nitrogens with two attached hydrogens (primary N) is 1. The molecule has 0 aliphatic heterocycles. The Hall–Kier alpha value is -3.67. The van der Waals surface area contributed by atoms with E-state index in [4.69, 9.17) is 10.5 Å². The number of carbonyl (C=O) groups is 1. The number of aromatic nitrogens is 1. The fraction of sp³-hybridized carbons (Fsp3) is 0.333. The van der Waals surface area contributed by atoms with Crippen LogP contribution in [0.4, 0.5) is 10.5 Å². The van der Waals surface area contributed by atoms with Crippen molar-refractivity contribution in [3.63, 3.8) is 0 Å². The van der Waals surface area contributed by atoms with Gasteiger partial charge in [0.15, 0.2) is 0 Å². The summed E-state index contributed by atoms with van der Waals surface area (Å²) in [4.78, 5) is 15.8. The quantitative estimate of drug-likeness (QED) is 0.240. The number of nitrogens with one attached hydrogen (secondary N) is 1. The second kappa shape index (κ2) is 13.2. The van der Waals surface area contributed by atoms with E-state index in [9.17, 15) is 23.4 Å². The van der Waals surface area contributed by atoms with E-state index in [0.29, 0.717) is 18.0 Å². The molecule has 1 aromatic heterocycles. The van der Waals surface area contributed by atoms with E-state index in [0.717, 1.165) is 11.3 Å². The van der Waals surface area contributed by atoms with Gasteiger partial charge >= 0.3 is 6.09 Å². The van der Waals surface area contributed by atoms with E-state index in [2.05, 4.69) is 10.3 Å². The molecule has 0 fully saturated rings. The normalized spacial score (nSPS) is 13.3. The molecule has 5 N–H and O–H groups in total. The Morgan fingerprint density at radius 3 is 2.32 bits per heavy atom. The Morgan fingerprint density at radius 2 is 1.74 bits per heavy atom. The first-order valence-corrected chi connectivity index (χ1v) is 13.6. The first-order valence-electron chi connectivity index (χ1n) is 12.2. The van der Waals surface area contributed by atoms with Crippen molar-refractivity contribution >= 4 is 21.8 Å². The summed E-state index contributed by atoms with van der Waals surface area (Å²) >= 11 is 0. The second-order valence-corrected chi connectivity index (χ2v) is 11.3. The number of hydrogen-bond donors (Lipinski definition) is 4. The molecule has 0 aliphatic rings. The van der Waals surface area contributed by atoms with Gasteiger partial charge in [0.1, 0.15) is 12.4 Å². The minimum Gasteiger partial charge on any atom is -0.487 e. The maximum absolute atomic E-state index is 13.3. The summed E-state index contributed by atoms with van der Waals surface area (Å²) in [5, 5.41) is 22.8. The number of hydrogen-bond acceptors (Lipinski definition) is 7. The van der Waals surface area contributed by atoms with Gasteiger partial charge in [0, 0.05) is 25.0 Å². The minimum atomic E-state index is -3.96. The molecule has 0 saturated heterocycles. The number of pyridine rings is 1. The van der Waals surface area contributed by atoms with Gasteiger partial charge in [0.25, 0.3) is 0 Å². The fourth-order valence-corrected chi connectivity index (χ4v) is 5.48. The topological polar surface area (TPSA) is 155 Å². The predicted octanol–water partition coefficient (Wildman–Crippen LogP) is 3.13. The molecule has 0 aliphatic carbocycles. The molecule has 2 atom stereocenters. The number of sulfonamides is 1. The van der Waals surface area contributed by atoms with Gasteiger partial charge in [-0.3, -0.25) is 4.98 Å². The highest BCUT2D eigenvalue weighted by molar-refractivity contribution is 7.89. The van der Waals surface area contributed by atoms with Gasteiger partial charge in [-0.25, -0.2) is 13.2 Å². The maximum atomic E-state index is 13.3. The largest absolute Gasteiger partial charge is 0.487 e. The summed E-state index contributed by atoms with van der Waals surface area (Å²) in [5.74, 6) is 0.579. The Kier molecular flexibility index (Phi) is 10.1. The lowest BCUT2D eigenvalue weighted by molar-refractivity contribution is 0.0980. The molecule has 1 amide bonds. The van der Waals surface area contributed by atoms with Gasteiger partial charge in [-0.1, -0.05) is 32.0 Å². The molecule has 0 saturated carbocycles.